The summed E-state index contributed by atoms with van der Waals surface area (Å²) < 4.78 is 17.6. The van der Waals surface area contributed by atoms with Crippen molar-refractivity contribution >= 4 is 5.97 Å². The summed E-state index contributed by atoms with van der Waals surface area (Å²) >= 11 is 0. The highest BCUT2D eigenvalue weighted by molar-refractivity contribution is 5.82. The van der Waals surface area contributed by atoms with E-state index in [0.717, 1.165) is 12.0 Å². The minimum Gasteiger partial charge on any atom is -0.453 e. The molecule has 1 unspecified atom stereocenters. The van der Waals surface area contributed by atoms with Crippen LogP contribution in [0.15, 0.2) is 36.0 Å². The molecule has 1 saturated carbocycles. The van der Waals surface area contributed by atoms with Gasteiger partial charge in [-0.05, 0) is 26.2 Å². The molecule has 2 aliphatic carbocycles. The zero-order valence-electron chi connectivity index (χ0n) is 16.3. The van der Waals surface area contributed by atoms with E-state index in [2.05, 4.69) is 13.0 Å². The van der Waals surface area contributed by atoms with Crippen LogP contribution >= 0.6 is 0 Å². The summed E-state index contributed by atoms with van der Waals surface area (Å²) in [6, 6.07) is 0. The maximum atomic E-state index is 12.4. The summed E-state index contributed by atoms with van der Waals surface area (Å²) in [5.41, 5.74) is -1.95. The molecule has 4 bridgehead atoms. The van der Waals surface area contributed by atoms with Gasteiger partial charge >= 0.3 is 5.97 Å². The van der Waals surface area contributed by atoms with Crippen LogP contribution in [0.1, 0.15) is 40.5 Å². The number of esters is 1. The van der Waals surface area contributed by atoms with E-state index in [1.54, 1.807) is 19.1 Å². The molecule has 148 valence electrons. The Morgan fingerprint density at radius 1 is 1.33 bits per heavy atom. The van der Waals surface area contributed by atoms with Crippen molar-refractivity contribution < 1.29 is 29.2 Å². The fraction of sp³-hybridized carbons (Fsp3) is 0.667. The van der Waals surface area contributed by atoms with E-state index in [0.29, 0.717) is 0 Å². The Morgan fingerprint density at radius 3 is 2.78 bits per heavy atom. The maximum absolute atomic E-state index is 12.4. The van der Waals surface area contributed by atoms with Gasteiger partial charge in [0.25, 0.3) is 0 Å². The molecule has 5 aliphatic rings. The fourth-order valence-electron chi connectivity index (χ4n) is 5.58. The minimum atomic E-state index is -1.76. The quantitative estimate of drug-likeness (QED) is 0.340. The second-order valence-electron chi connectivity index (χ2n) is 8.70. The monoisotopic (exact) mass is 376 g/mol. The molecule has 6 heteroatoms. The number of hydrogen-bond donors (Lipinski definition) is 2. The van der Waals surface area contributed by atoms with Crippen LogP contribution in [-0.4, -0.2) is 46.6 Å². The highest BCUT2D eigenvalue weighted by atomic mass is 16.8. The van der Waals surface area contributed by atoms with Crippen molar-refractivity contribution in [3.05, 3.63) is 36.0 Å². The van der Waals surface area contributed by atoms with Crippen molar-refractivity contribution in [1.82, 2.24) is 0 Å². The summed E-state index contributed by atoms with van der Waals surface area (Å²) in [5.74, 6) is -2.11. The Kier molecular flexibility index (Phi) is 4.03. The lowest BCUT2D eigenvalue weighted by atomic mass is 9.48. The second kappa shape index (κ2) is 5.77. The van der Waals surface area contributed by atoms with Gasteiger partial charge < -0.3 is 24.4 Å². The Labute approximate surface area is 159 Å². The molecule has 0 aromatic carbocycles. The summed E-state index contributed by atoms with van der Waals surface area (Å²) in [6.45, 7) is 7.66. The SMILES string of the molecule is C/C=C/C=C/C(=O)O[C@H]1C2OC[C@]3(C)C4=CC[C@@H](C)[C@@]41C[C@@](O)(O2)[C@]3(C)O. The molecule has 0 amide bonds. The van der Waals surface area contributed by atoms with Gasteiger partial charge in [-0.15, -0.1) is 0 Å². The average Bonchev–Trinajstić information content (AvgIpc) is 2.87. The topological polar surface area (TPSA) is 85.2 Å². The van der Waals surface area contributed by atoms with Crippen LogP contribution in [0.3, 0.4) is 0 Å². The first-order valence-electron chi connectivity index (χ1n) is 9.58. The molecule has 6 nitrogen and oxygen atoms in total. The molecule has 2 N–H and O–H groups in total. The lowest BCUT2D eigenvalue weighted by Gasteiger charge is -2.64. The predicted molar refractivity (Wildman–Crippen MR) is 97.3 cm³/mol. The van der Waals surface area contributed by atoms with E-state index in [4.69, 9.17) is 14.2 Å². The smallest absolute Gasteiger partial charge is 0.331 e. The first-order valence-corrected chi connectivity index (χ1v) is 9.58. The summed E-state index contributed by atoms with van der Waals surface area (Å²) in [5, 5.41) is 22.6. The molecule has 7 atom stereocenters. The van der Waals surface area contributed by atoms with E-state index < -0.39 is 40.6 Å². The van der Waals surface area contributed by atoms with Crippen LogP contribution < -0.4 is 0 Å². The normalized spacial score (nSPS) is 50.9. The van der Waals surface area contributed by atoms with Crippen molar-refractivity contribution in [2.45, 2.75) is 64.3 Å². The minimum absolute atomic E-state index is 0.125. The van der Waals surface area contributed by atoms with Gasteiger partial charge in [0, 0.05) is 23.3 Å². The fourth-order valence-corrected chi connectivity index (χ4v) is 5.58. The number of carbonyl (C=O) groups is 1. The van der Waals surface area contributed by atoms with Gasteiger partial charge in [-0.25, -0.2) is 4.79 Å². The lowest BCUT2D eigenvalue weighted by Crippen LogP contribution is -2.75. The van der Waals surface area contributed by atoms with Crippen molar-refractivity contribution in [3.63, 3.8) is 0 Å². The highest BCUT2D eigenvalue weighted by Gasteiger charge is 2.78. The molecule has 3 heterocycles. The van der Waals surface area contributed by atoms with Crippen LogP contribution in [-0.2, 0) is 19.0 Å². The molecule has 5 rings (SSSR count). The molecule has 1 spiro atoms. The molecular formula is C21H28O6. The lowest BCUT2D eigenvalue weighted by molar-refractivity contribution is -0.407. The number of hydrogen-bond acceptors (Lipinski definition) is 6. The van der Waals surface area contributed by atoms with Gasteiger partial charge in [-0.2, -0.15) is 0 Å². The Hall–Kier alpha value is -1.47. The van der Waals surface area contributed by atoms with Crippen LogP contribution in [0.5, 0.6) is 0 Å². The van der Waals surface area contributed by atoms with Gasteiger partial charge in [0.05, 0.1) is 6.61 Å². The predicted octanol–water partition coefficient (Wildman–Crippen LogP) is 2.22. The molecular weight excluding hydrogens is 348 g/mol. The molecule has 27 heavy (non-hydrogen) atoms. The largest absolute Gasteiger partial charge is 0.453 e. The number of ether oxygens (including phenoxy) is 3. The maximum Gasteiger partial charge on any atom is 0.331 e. The molecule has 0 aromatic rings. The summed E-state index contributed by atoms with van der Waals surface area (Å²) in [6.07, 6.45) is 8.06. The third kappa shape index (κ3) is 2.18. The van der Waals surface area contributed by atoms with Crippen molar-refractivity contribution in [2.75, 3.05) is 6.61 Å². The third-order valence-electron chi connectivity index (χ3n) is 7.40. The number of fused-ring (bicyclic) bond motifs is 1. The Morgan fingerprint density at radius 2 is 2.07 bits per heavy atom. The number of carbonyl (C=O) groups excluding carboxylic acids is 1. The first-order chi connectivity index (χ1) is 12.6. The highest BCUT2D eigenvalue weighted by Crippen LogP contribution is 2.71. The zero-order valence-corrected chi connectivity index (χ0v) is 16.3. The standard InChI is InChI=1S/C21H28O6/c1-5-6-7-8-15(22)26-16-17-25-12-18(3)14-10-9-13(2)20(14,16)11-21(24,27-17)19(18,4)23/h5-8,10,13,16-17,23-24H,9,11-12H2,1-4H3/b6-5+,8-7+/t13-,16+,17?,18-,19-,20+,21-/m1/s1. The van der Waals surface area contributed by atoms with Gasteiger partial charge in [0.2, 0.25) is 0 Å². The van der Waals surface area contributed by atoms with Gasteiger partial charge in [0.15, 0.2) is 18.2 Å². The Balaban J connectivity index is 1.80. The van der Waals surface area contributed by atoms with Crippen molar-refractivity contribution in [3.8, 4) is 0 Å². The van der Waals surface area contributed by atoms with Gasteiger partial charge in [-0.1, -0.05) is 43.7 Å². The van der Waals surface area contributed by atoms with Gasteiger partial charge in [-0.3, -0.25) is 0 Å². The number of allylic oxidation sites excluding steroid dienone is 4. The van der Waals surface area contributed by atoms with Crippen molar-refractivity contribution in [1.29, 1.82) is 0 Å². The van der Waals surface area contributed by atoms with Crippen molar-refractivity contribution in [2.24, 2.45) is 16.7 Å². The summed E-state index contributed by atoms with van der Waals surface area (Å²) in [7, 11) is 0. The molecule has 4 fully saturated rings. The van der Waals surface area contributed by atoms with Crippen LogP contribution in [0.2, 0.25) is 0 Å². The average molecular weight is 376 g/mol. The van der Waals surface area contributed by atoms with Gasteiger partial charge in [0.1, 0.15) is 5.60 Å². The number of aliphatic hydroxyl groups is 2. The zero-order chi connectivity index (χ0) is 19.7. The molecule has 0 radical (unpaired) electrons. The van der Waals surface area contributed by atoms with Crippen LogP contribution in [0.25, 0.3) is 0 Å². The first kappa shape index (κ1) is 18.9. The van der Waals surface area contributed by atoms with E-state index in [-0.39, 0.29) is 18.9 Å². The van der Waals surface area contributed by atoms with E-state index >= 15 is 0 Å². The van der Waals surface area contributed by atoms with E-state index in [9.17, 15) is 15.0 Å². The van der Waals surface area contributed by atoms with Crippen LogP contribution in [0, 0.1) is 16.7 Å². The van der Waals surface area contributed by atoms with E-state index in [1.165, 1.54) is 6.08 Å². The number of rotatable bonds is 3. The second-order valence-corrected chi connectivity index (χ2v) is 8.70. The molecule has 3 aliphatic heterocycles. The molecule has 3 saturated heterocycles. The third-order valence-corrected chi connectivity index (χ3v) is 7.40. The molecule has 0 aromatic heterocycles. The van der Waals surface area contributed by atoms with E-state index in [1.807, 2.05) is 19.9 Å². The Bertz CT molecular complexity index is 752. The summed E-state index contributed by atoms with van der Waals surface area (Å²) in [4.78, 5) is 12.4. The van der Waals surface area contributed by atoms with Crippen LogP contribution in [0.4, 0.5) is 0 Å².